The first kappa shape index (κ1) is 12.1. The number of aromatic nitrogens is 2. The first-order valence-corrected chi connectivity index (χ1v) is 5.95. The normalized spacial score (nSPS) is 10.1. The van der Waals surface area contributed by atoms with Crippen molar-refractivity contribution in [1.29, 1.82) is 0 Å². The molecule has 0 spiro atoms. The summed E-state index contributed by atoms with van der Waals surface area (Å²) in [5.74, 6) is 0.965. The highest BCUT2D eigenvalue weighted by Crippen LogP contribution is 2.30. The maximum absolute atomic E-state index is 5.90. The molecule has 1 heterocycles. The van der Waals surface area contributed by atoms with E-state index in [2.05, 4.69) is 31.2 Å². The van der Waals surface area contributed by atoms with Gasteiger partial charge in [-0.2, -0.15) is 0 Å². The zero-order valence-electron chi connectivity index (χ0n) is 8.95. The van der Waals surface area contributed by atoms with Gasteiger partial charge < -0.3 is 10.1 Å². The number of methoxy groups -OCH3 is 1. The van der Waals surface area contributed by atoms with Crippen LogP contribution in [0.1, 0.15) is 0 Å². The quantitative estimate of drug-likeness (QED) is 0.879. The van der Waals surface area contributed by atoms with E-state index >= 15 is 0 Å². The number of anilines is 2. The van der Waals surface area contributed by atoms with Gasteiger partial charge in [0.15, 0.2) is 16.7 Å². The van der Waals surface area contributed by atoms with Crippen LogP contribution in [0.5, 0.6) is 5.75 Å². The van der Waals surface area contributed by atoms with E-state index in [1.54, 1.807) is 0 Å². The minimum Gasteiger partial charge on any atom is -0.490 e. The van der Waals surface area contributed by atoms with Crippen molar-refractivity contribution < 1.29 is 4.74 Å². The number of rotatable bonds is 3. The second-order valence-corrected chi connectivity index (χ2v) is 4.45. The molecular weight excluding hydrogens is 305 g/mol. The second kappa shape index (κ2) is 5.33. The molecule has 0 aliphatic carbocycles. The first-order valence-electron chi connectivity index (χ1n) is 4.78. The number of halogens is 2. The summed E-state index contributed by atoms with van der Waals surface area (Å²) in [4.78, 5) is 7.93. The van der Waals surface area contributed by atoms with Crippen molar-refractivity contribution in [3.8, 4) is 5.75 Å². The summed E-state index contributed by atoms with van der Waals surface area (Å²) in [6.07, 6.45) is 1.38. The van der Waals surface area contributed by atoms with E-state index in [1.807, 2.05) is 24.3 Å². The van der Waals surface area contributed by atoms with Crippen molar-refractivity contribution >= 4 is 39.0 Å². The monoisotopic (exact) mass is 313 g/mol. The molecule has 1 aromatic heterocycles. The lowest BCUT2D eigenvalue weighted by atomic mass is 10.3. The van der Waals surface area contributed by atoms with Gasteiger partial charge in [0, 0.05) is 10.2 Å². The van der Waals surface area contributed by atoms with Crippen LogP contribution in [-0.4, -0.2) is 17.1 Å². The maximum atomic E-state index is 5.90. The van der Waals surface area contributed by atoms with E-state index < -0.39 is 0 Å². The molecule has 0 fully saturated rings. The van der Waals surface area contributed by atoms with Crippen LogP contribution in [0, 0.1) is 0 Å². The van der Waals surface area contributed by atoms with Crippen LogP contribution in [-0.2, 0) is 0 Å². The minimum absolute atomic E-state index is 0.280. The Balaban J connectivity index is 2.29. The van der Waals surface area contributed by atoms with Crippen molar-refractivity contribution in [1.82, 2.24) is 9.97 Å². The zero-order chi connectivity index (χ0) is 12.3. The van der Waals surface area contributed by atoms with Gasteiger partial charge in [-0.3, -0.25) is 0 Å². The smallest absolute Gasteiger partial charge is 0.199 e. The molecule has 0 amide bonds. The fourth-order valence-electron chi connectivity index (χ4n) is 1.29. The molecule has 88 valence electrons. The zero-order valence-corrected chi connectivity index (χ0v) is 11.3. The maximum Gasteiger partial charge on any atom is 0.199 e. The van der Waals surface area contributed by atoms with Crippen molar-refractivity contribution in [2.24, 2.45) is 0 Å². The van der Waals surface area contributed by atoms with E-state index in [1.165, 1.54) is 13.4 Å². The summed E-state index contributed by atoms with van der Waals surface area (Å²) in [6.45, 7) is 0. The lowest BCUT2D eigenvalue weighted by Gasteiger charge is -2.10. The van der Waals surface area contributed by atoms with Gasteiger partial charge in [0.05, 0.1) is 7.11 Å². The van der Waals surface area contributed by atoms with Gasteiger partial charge in [0.1, 0.15) is 6.33 Å². The molecule has 0 atom stereocenters. The molecule has 2 aromatic rings. The van der Waals surface area contributed by atoms with Crippen LogP contribution in [0.2, 0.25) is 5.15 Å². The summed E-state index contributed by atoms with van der Waals surface area (Å²) in [7, 11) is 1.53. The summed E-state index contributed by atoms with van der Waals surface area (Å²) in [6, 6.07) is 7.69. The topological polar surface area (TPSA) is 47.0 Å². The molecule has 1 aromatic carbocycles. The molecule has 2 rings (SSSR count). The third-order valence-corrected chi connectivity index (χ3v) is 2.87. The Labute approximate surface area is 112 Å². The predicted molar refractivity (Wildman–Crippen MR) is 71.0 cm³/mol. The summed E-state index contributed by atoms with van der Waals surface area (Å²) in [5, 5.41) is 3.39. The molecule has 0 unspecified atom stereocenters. The highest BCUT2D eigenvalue weighted by molar-refractivity contribution is 9.10. The molecule has 0 saturated heterocycles. The van der Waals surface area contributed by atoms with Crippen molar-refractivity contribution in [2.75, 3.05) is 12.4 Å². The van der Waals surface area contributed by atoms with Gasteiger partial charge in [-0.25, -0.2) is 9.97 Å². The molecule has 0 radical (unpaired) electrons. The van der Waals surface area contributed by atoms with Gasteiger partial charge in [-0.05, 0) is 24.3 Å². The largest absolute Gasteiger partial charge is 0.490 e. The van der Waals surface area contributed by atoms with Crippen LogP contribution in [0.25, 0.3) is 0 Å². The van der Waals surface area contributed by atoms with E-state index in [4.69, 9.17) is 16.3 Å². The Morgan fingerprint density at radius 3 is 2.59 bits per heavy atom. The Hall–Kier alpha value is -1.33. The van der Waals surface area contributed by atoms with E-state index in [0.29, 0.717) is 11.6 Å². The first-order chi connectivity index (χ1) is 8.20. The molecule has 4 nitrogen and oxygen atoms in total. The van der Waals surface area contributed by atoms with Gasteiger partial charge in [0.25, 0.3) is 0 Å². The van der Waals surface area contributed by atoms with Crippen LogP contribution < -0.4 is 10.1 Å². The average Bonchev–Trinajstić information content (AvgIpc) is 2.32. The van der Waals surface area contributed by atoms with Gasteiger partial charge in [-0.1, -0.05) is 27.5 Å². The number of nitrogens with one attached hydrogen (secondary N) is 1. The molecule has 17 heavy (non-hydrogen) atoms. The third-order valence-electron chi connectivity index (χ3n) is 2.07. The van der Waals surface area contributed by atoms with Crippen LogP contribution in [0.15, 0.2) is 35.1 Å². The Morgan fingerprint density at radius 2 is 1.94 bits per heavy atom. The number of nitrogens with zero attached hydrogens (tertiary/aromatic N) is 2. The molecule has 0 bridgehead atoms. The Kier molecular flexibility index (Phi) is 3.81. The Bertz CT molecular complexity index is 519. The third kappa shape index (κ3) is 2.87. The summed E-state index contributed by atoms with van der Waals surface area (Å²) < 4.78 is 6.15. The predicted octanol–water partition coefficient (Wildman–Crippen LogP) is 3.64. The van der Waals surface area contributed by atoms with E-state index in [-0.39, 0.29) is 5.15 Å². The Morgan fingerprint density at radius 1 is 1.24 bits per heavy atom. The van der Waals surface area contributed by atoms with Crippen LogP contribution in [0.3, 0.4) is 0 Å². The molecule has 6 heteroatoms. The SMILES string of the molecule is COc1c(Cl)ncnc1Nc1ccc(Br)cc1. The fourth-order valence-corrected chi connectivity index (χ4v) is 1.77. The second-order valence-electron chi connectivity index (χ2n) is 3.18. The van der Waals surface area contributed by atoms with Crippen LogP contribution in [0.4, 0.5) is 11.5 Å². The van der Waals surface area contributed by atoms with Crippen molar-refractivity contribution in [3.05, 3.63) is 40.2 Å². The number of hydrogen-bond acceptors (Lipinski definition) is 4. The fraction of sp³-hybridized carbons (Fsp3) is 0.0909. The minimum atomic E-state index is 0.280. The molecule has 0 saturated carbocycles. The van der Waals surface area contributed by atoms with Gasteiger partial charge in [0.2, 0.25) is 0 Å². The lowest BCUT2D eigenvalue weighted by Crippen LogP contribution is -1.99. The summed E-state index contributed by atoms with van der Waals surface area (Å²) in [5.41, 5.74) is 0.890. The van der Waals surface area contributed by atoms with E-state index in [9.17, 15) is 0 Å². The average molecular weight is 315 g/mol. The standard InChI is InChI=1S/C11H9BrClN3O/c1-17-9-10(13)14-6-15-11(9)16-8-4-2-7(12)3-5-8/h2-6H,1H3,(H,14,15,16). The number of hydrogen-bond donors (Lipinski definition) is 1. The van der Waals surface area contributed by atoms with Crippen molar-refractivity contribution in [2.45, 2.75) is 0 Å². The number of benzene rings is 1. The van der Waals surface area contributed by atoms with Crippen LogP contribution >= 0.6 is 27.5 Å². The molecule has 1 N–H and O–H groups in total. The molecule has 0 aliphatic heterocycles. The van der Waals surface area contributed by atoms with Gasteiger partial charge >= 0.3 is 0 Å². The molecular formula is C11H9BrClN3O. The lowest BCUT2D eigenvalue weighted by molar-refractivity contribution is 0.413. The highest BCUT2D eigenvalue weighted by Gasteiger charge is 2.10. The number of ether oxygens (including phenoxy) is 1. The van der Waals surface area contributed by atoms with Crippen molar-refractivity contribution in [3.63, 3.8) is 0 Å². The van der Waals surface area contributed by atoms with Gasteiger partial charge in [-0.15, -0.1) is 0 Å². The summed E-state index contributed by atoms with van der Waals surface area (Å²) >= 11 is 9.27. The van der Waals surface area contributed by atoms with E-state index in [0.717, 1.165) is 10.2 Å². The molecule has 0 aliphatic rings. The highest BCUT2D eigenvalue weighted by atomic mass is 79.9.